The van der Waals surface area contributed by atoms with Gasteiger partial charge in [-0.3, -0.25) is 4.79 Å². The average Bonchev–Trinajstić information content (AvgIpc) is 3.30. The summed E-state index contributed by atoms with van der Waals surface area (Å²) in [4.78, 5) is 13.0. The number of carbonyl (C=O) groups is 1. The maximum atomic E-state index is 13.9. The normalized spacial score (nSPS) is 14.4. The number of carbonyl (C=O) groups excluding carboxylic acids is 1. The monoisotopic (exact) mass is 562 g/mol. The summed E-state index contributed by atoms with van der Waals surface area (Å²) in [5.74, 6) is -1.95. The molecule has 198 valence electrons. The van der Waals surface area contributed by atoms with Crippen LogP contribution in [0.25, 0.3) is 10.1 Å². The lowest BCUT2D eigenvalue weighted by atomic mass is 9.95. The van der Waals surface area contributed by atoms with Crippen LogP contribution in [-0.2, 0) is 40.4 Å². The molecule has 1 N–H and O–H groups in total. The van der Waals surface area contributed by atoms with E-state index in [0.717, 1.165) is 27.5 Å². The molecule has 0 unspecified atom stereocenters. The number of rotatable bonds is 5. The highest BCUT2D eigenvalue weighted by atomic mass is 32.2. The van der Waals surface area contributed by atoms with Crippen LogP contribution in [0.5, 0.6) is 0 Å². The van der Waals surface area contributed by atoms with Crippen molar-refractivity contribution in [3.05, 3.63) is 93.6 Å². The molecule has 0 bridgehead atoms. The Morgan fingerprint density at radius 2 is 1.87 bits per heavy atom. The number of hydrogen-bond acceptors (Lipinski definition) is 4. The van der Waals surface area contributed by atoms with Crippen LogP contribution in [0.2, 0.25) is 0 Å². The molecule has 0 aliphatic carbocycles. The zero-order valence-corrected chi connectivity index (χ0v) is 21.7. The Morgan fingerprint density at radius 3 is 2.61 bits per heavy atom. The summed E-state index contributed by atoms with van der Waals surface area (Å²) in [5.41, 5.74) is 1.58. The number of halogens is 4. The molecule has 0 atom stereocenters. The molecule has 0 radical (unpaired) electrons. The zero-order chi connectivity index (χ0) is 27.2. The molecule has 4 aromatic rings. The Hall–Kier alpha value is -3.28. The van der Waals surface area contributed by atoms with Gasteiger partial charge in [0.05, 0.1) is 12.0 Å². The van der Waals surface area contributed by atoms with Crippen molar-refractivity contribution in [3.63, 3.8) is 0 Å². The van der Waals surface area contributed by atoms with Gasteiger partial charge in [-0.05, 0) is 53.8 Å². The van der Waals surface area contributed by atoms with Crippen molar-refractivity contribution in [2.45, 2.75) is 37.4 Å². The molecule has 0 spiro atoms. The molecule has 1 amide bonds. The first-order valence-corrected chi connectivity index (χ1v) is 14.0. The second kappa shape index (κ2) is 9.79. The summed E-state index contributed by atoms with van der Waals surface area (Å²) in [6.07, 6.45) is -4.77. The van der Waals surface area contributed by atoms with Crippen LogP contribution < -0.4 is 5.32 Å². The Kier molecular flexibility index (Phi) is 6.79. The first-order valence-electron chi connectivity index (χ1n) is 11.7. The third-order valence-corrected chi connectivity index (χ3v) is 9.61. The first-order chi connectivity index (χ1) is 17.9. The van der Waals surface area contributed by atoms with Gasteiger partial charge in [0.15, 0.2) is 0 Å². The minimum absolute atomic E-state index is 0.107. The van der Waals surface area contributed by atoms with E-state index in [1.807, 2.05) is 18.2 Å². The topological polar surface area (TPSA) is 66.5 Å². The van der Waals surface area contributed by atoms with E-state index in [-0.39, 0.29) is 30.0 Å². The van der Waals surface area contributed by atoms with Crippen molar-refractivity contribution in [3.8, 4) is 0 Å². The first kappa shape index (κ1) is 26.3. The molecule has 3 aromatic carbocycles. The van der Waals surface area contributed by atoms with E-state index in [0.29, 0.717) is 29.6 Å². The number of anilines is 1. The molecule has 1 aliphatic heterocycles. The molecular weight excluding hydrogens is 540 g/mol. The Labute approximate surface area is 220 Å². The Bertz CT molecular complexity index is 1660. The van der Waals surface area contributed by atoms with Gasteiger partial charge in [0, 0.05) is 34.2 Å². The fraction of sp³-hybridized carbons (Fsp3) is 0.222. The van der Waals surface area contributed by atoms with Crippen molar-refractivity contribution in [2.75, 3.05) is 11.9 Å². The lowest BCUT2D eigenvalue weighted by molar-refractivity contribution is -0.140. The van der Waals surface area contributed by atoms with E-state index in [2.05, 4.69) is 5.32 Å². The molecule has 0 saturated carbocycles. The van der Waals surface area contributed by atoms with E-state index in [9.17, 15) is 30.8 Å². The predicted molar refractivity (Wildman–Crippen MR) is 138 cm³/mol. The van der Waals surface area contributed by atoms with E-state index >= 15 is 0 Å². The zero-order valence-electron chi connectivity index (χ0n) is 20.1. The number of aryl methyl sites for hydroxylation is 1. The van der Waals surface area contributed by atoms with E-state index in [4.69, 9.17) is 0 Å². The SMILES string of the molecule is Cc1ccc2c(c1NC(=O)Cc1ccc(C(F)(F)F)c(F)c1)CCN(S(=O)(=O)c1csc3ccccc13)C2. The molecule has 1 aromatic heterocycles. The molecular formula is C27H22F4N2O3S2. The number of thiophene rings is 1. The van der Waals surface area contributed by atoms with Gasteiger partial charge in [-0.25, -0.2) is 12.8 Å². The van der Waals surface area contributed by atoms with Crippen LogP contribution in [0, 0.1) is 12.7 Å². The van der Waals surface area contributed by atoms with Crippen molar-refractivity contribution in [1.82, 2.24) is 4.31 Å². The fourth-order valence-corrected chi connectivity index (χ4v) is 7.58. The number of benzene rings is 3. The number of nitrogens with one attached hydrogen (secondary N) is 1. The molecule has 5 rings (SSSR count). The van der Waals surface area contributed by atoms with Crippen LogP contribution in [-0.4, -0.2) is 25.2 Å². The molecule has 38 heavy (non-hydrogen) atoms. The summed E-state index contributed by atoms with van der Waals surface area (Å²) >= 11 is 1.37. The number of nitrogens with zero attached hydrogens (tertiary/aromatic N) is 1. The Balaban J connectivity index is 1.36. The van der Waals surface area contributed by atoms with Crippen molar-refractivity contribution >= 4 is 43.0 Å². The second-order valence-corrected chi connectivity index (χ2v) is 11.9. The number of alkyl halides is 3. The van der Waals surface area contributed by atoms with Gasteiger partial charge in [0.25, 0.3) is 0 Å². The predicted octanol–water partition coefficient (Wildman–Crippen LogP) is 6.30. The van der Waals surface area contributed by atoms with Crippen LogP contribution in [0.3, 0.4) is 0 Å². The summed E-state index contributed by atoms with van der Waals surface area (Å²) in [5, 5.41) is 5.14. The van der Waals surface area contributed by atoms with Crippen LogP contribution in [0.1, 0.15) is 27.8 Å². The third-order valence-electron chi connectivity index (χ3n) is 6.61. The summed E-state index contributed by atoms with van der Waals surface area (Å²) in [6.45, 7) is 2.15. The fourth-order valence-electron chi connectivity index (χ4n) is 4.69. The van der Waals surface area contributed by atoms with Gasteiger partial charge >= 0.3 is 6.18 Å². The van der Waals surface area contributed by atoms with Gasteiger partial charge in [-0.1, -0.05) is 36.4 Å². The maximum Gasteiger partial charge on any atom is 0.419 e. The minimum Gasteiger partial charge on any atom is -0.325 e. The van der Waals surface area contributed by atoms with Gasteiger partial charge in [0.2, 0.25) is 15.9 Å². The highest BCUT2D eigenvalue weighted by molar-refractivity contribution is 7.89. The number of fused-ring (bicyclic) bond motifs is 2. The third kappa shape index (κ3) is 4.93. The molecule has 5 nitrogen and oxygen atoms in total. The highest BCUT2D eigenvalue weighted by Crippen LogP contribution is 2.36. The van der Waals surface area contributed by atoms with Crippen LogP contribution in [0.15, 0.2) is 64.9 Å². The summed E-state index contributed by atoms with van der Waals surface area (Å²) in [6, 6.07) is 13.4. The lowest BCUT2D eigenvalue weighted by Gasteiger charge is -2.30. The van der Waals surface area contributed by atoms with E-state index < -0.39 is 33.5 Å². The molecule has 0 fully saturated rings. The van der Waals surface area contributed by atoms with E-state index in [1.54, 1.807) is 30.5 Å². The summed E-state index contributed by atoms with van der Waals surface area (Å²) in [7, 11) is -3.75. The number of hydrogen-bond donors (Lipinski definition) is 1. The molecule has 2 heterocycles. The van der Waals surface area contributed by atoms with Crippen molar-refractivity contribution < 1.29 is 30.8 Å². The molecule has 0 saturated heterocycles. The van der Waals surface area contributed by atoms with Gasteiger partial charge < -0.3 is 5.32 Å². The van der Waals surface area contributed by atoms with Gasteiger partial charge in [-0.2, -0.15) is 17.5 Å². The van der Waals surface area contributed by atoms with Crippen LogP contribution in [0.4, 0.5) is 23.2 Å². The quantitative estimate of drug-likeness (QED) is 0.291. The average molecular weight is 563 g/mol. The molecule has 1 aliphatic rings. The Morgan fingerprint density at radius 1 is 1.11 bits per heavy atom. The number of sulfonamides is 1. The lowest BCUT2D eigenvalue weighted by Crippen LogP contribution is -2.36. The minimum atomic E-state index is -4.82. The van der Waals surface area contributed by atoms with E-state index in [1.165, 1.54) is 15.6 Å². The number of amides is 1. The second-order valence-electron chi connectivity index (χ2n) is 9.12. The van der Waals surface area contributed by atoms with Gasteiger partial charge in [0.1, 0.15) is 10.7 Å². The summed E-state index contributed by atoms with van der Waals surface area (Å²) < 4.78 is 81.7. The van der Waals surface area contributed by atoms with Crippen molar-refractivity contribution in [1.29, 1.82) is 0 Å². The van der Waals surface area contributed by atoms with Crippen molar-refractivity contribution in [2.24, 2.45) is 0 Å². The largest absolute Gasteiger partial charge is 0.419 e. The van der Waals surface area contributed by atoms with Crippen LogP contribution >= 0.6 is 11.3 Å². The van der Waals surface area contributed by atoms with Gasteiger partial charge in [-0.15, -0.1) is 11.3 Å². The highest BCUT2D eigenvalue weighted by Gasteiger charge is 2.34. The molecule has 11 heteroatoms. The smallest absolute Gasteiger partial charge is 0.325 e. The maximum absolute atomic E-state index is 13.9. The standard InChI is InChI=1S/C27H22F4N2O3S2/c1-16-6-8-18-14-33(38(35,36)24-15-37-23-5-3-2-4-20(23)24)11-10-19(18)26(16)32-25(34)13-17-7-9-21(22(28)12-17)27(29,30)31/h2-9,12,15H,10-11,13-14H2,1H3,(H,32,34).